The maximum atomic E-state index is 12.3. The van der Waals surface area contributed by atoms with Crippen molar-refractivity contribution in [1.82, 2.24) is 15.5 Å². The highest BCUT2D eigenvalue weighted by atomic mass is 32.1. The van der Waals surface area contributed by atoms with Gasteiger partial charge >= 0.3 is 6.03 Å². The van der Waals surface area contributed by atoms with E-state index >= 15 is 0 Å². The molecule has 1 aromatic heterocycles. The van der Waals surface area contributed by atoms with Gasteiger partial charge in [0.25, 0.3) is 0 Å². The molecule has 0 saturated carbocycles. The van der Waals surface area contributed by atoms with Gasteiger partial charge in [0.05, 0.1) is 12.1 Å². The topological polar surface area (TPSA) is 44.4 Å². The Bertz CT molecular complexity index is 596. The molecule has 2 rings (SSSR count). The Labute approximate surface area is 148 Å². The lowest BCUT2D eigenvalue weighted by molar-refractivity contribution is 0.205. The number of thiophene rings is 1. The quantitative estimate of drug-likeness (QED) is 0.753. The Hall–Kier alpha value is -1.85. The van der Waals surface area contributed by atoms with Gasteiger partial charge in [-0.3, -0.25) is 4.90 Å². The number of hydrogen-bond donors (Lipinski definition) is 2. The fourth-order valence-electron chi connectivity index (χ4n) is 2.85. The summed E-state index contributed by atoms with van der Waals surface area (Å²) >= 11 is 1.69. The van der Waals surface area contributed by atoms with Gasteiger partial charge in [-0.15, -0.1) is 0 Å². The number of carbonyl (C=O) groups excluding carboxylic acids is 1. The molecule has 2 unspecified atom stereocenters. The molecule has 0 aliphatic rings. The van der Waals surface area contributed by atoms with Crippen LogP contribution >= 0.6 is 11.3 Å². The first-order valence-electron chi connectivity index (χ1n) is 8.51. The van der Waals surface area contributed by atoms with Gasteiger partial charge in [-0.2, -0.15) is 11.3 Å². The van der Waals surface area contributed by atoms with E-state index in [2.05, 4.69) is 46.2 Å². The van der Waals surface area contributed by atoms with Gasteiger partial charge in [0.15, 0.2) is 0 Å². The second-order valence-corrected chi connectivity index (χ2v) is 6.56. The summed E-state index contributed by atoms with van der Waals surface area (Å²) in [5, 5.41) is 10.3. The zero-order valence-corrected chi connectivity index (χ0v) is 15.5. The van der Waals surface area contributed by atoms with Crippen LogP contribution in [0.25, 0.3) is 0 Å². The third kappa shape index (κ3) is 5.08. The van der Waals surface area contributed by atoms with E-state index in [1.165, 1.54) is 5.56 Å². The second-order valence-electron chi connectivity index (χ2n) is 5.78. The lowest BCUT2D eigenvalue weighted by Crippen LogP contribution is -2.42. The van der Waals surface area contributed by atoms with E-state index in [1.54, 1.807) is 11.3 Å². The van der Waals surface area contributed by atoms with Crippen molar-refractivity contribution < 1.29 is 4.79 Å². The predicted octanol–water partition coefficient (Wildman–Crippen LogP) is 4.19. The average molecular weight is 346 g/mol. The van der Waals surface area contributed by atoms with E-state index in [0.717, 1.165) is 18.7 Å². The molecule has 0 fully saturated rings. The van der Waals surface area contributed by atoms with Crippen LogP contribution in [0.15, 0.2) is 47.2 Å². The molecular formula is C19H27N3OS. The number of carbonyl (C=O) groups is 1. The Morgan fingerprint density at radius 3 is 2.42 bits per heavy atom. The lowest BCUT2D eigenvalue weighted by Gasteiger charge is -2.29. The van der Waals surface area contributed by atoms with Crippen LogP contribution < -0.4 is 10.6 Å². The first-order chi connectivity index (χ1) is 11.7. The maximum absolute atomic E-state index is 12.3. The van der Waals surface area contributed by atoms with Crippen LogP contribution in [0.4, 0.5) is 4.79 Å². The summed E-state index contributed by atoms with van der Waals surface area (Å²) in [7, 11) is 0. The van der Waals surface area contributed by atoms with Crippen molar-refractivity contribution in [1.29, 1.82) is 0 Å². The van der Waals surface area contributed by atoms with E-state index in [-0.39, 0.29) is 18.1 Å². The van der Waals surface area contributed by atoms with Crippen molar-refractivity contribution in [3.63, 3.8) is 0 Å². The third-order valence-electron chi connectivity index (χ3n) is 4.28. The van der Waals surface area contributed by atoms with Crippen LogP contribution in [0, 0.1) is 0 Å². The average Bonchev–Trinajstić information content (AvgIpc) is 3.13. The molecule has 0 saturated heterocycles. The molecule has 0 bridgehead atoms. The van der Waals surface area contributed by atoms with Crippen LogP contribution in [0.3, 0.4) is 0 Å². The monoisotopic (exact) mass is 345 g/mol. The van der Waals surface area contributed by atoms with Gasteiger partial charge in [-0.25, -0.2) is 4.79 Å². The molecule has 130 valence electrons. The van der Waals surface area contributed by atoms with E-state index in [1.807, 2.05) is 37.3 Å². The molecular weight excluding hydrogens is 318 g/mol. The number of amides is 2. The number of nitrogens with one attached hydrogen (secondary N) is 2. The van der Waals surface area contributed by atoms with Crippen molar-refractivity contribution in [2.45, 2.75) is 32.9 Å². The zero-order valence-electron chi connectivity index (χ0n) is 14.7. The number of hydrogen-bond acceptors (Lipinski definition) is 3. The van der Waals surface area contributed by atoms with E-state index in [0.29, 0.717) is 6.54 Å². The Morgan fingerprint density at radius 2 is 1.83 bits per heavy atom. The van der Waals surface area contributed by atoms with Crippen molar-refractivity contribution in [3.05, 3.63) is 58.3 Å². The maximum Gasteiger partial charge on any atom is 0.315 e. The zero-order chi connectivity index (χ0) is 17.4. The molecule has 2 N–H and O–H groups in total. The second kappa shape index (κ2) is 9.45. The summed E-state index contributed by atoms with van der Waals surface area (Å²) in [4.78, 5) is 14.6. The molecule has 1 aromatic carbocycles. The smallest absolute Gasteiger partial charge is 0.315 e. The van der Waals surface area contributed by atoms with Gasteiger partial charge < -0.3 is 10.6 Å². The van der Waals surface area contributed by atoms with Gasteiger partial charge in [-0.05, 0) is 48.0 Å². The molecule has 1 heterocycles. The Morgan fingerprint density at radius 1 is 1.12 bits per heavy atom. The van der Waals surface area contributed by atoms with E-state index in [9.17, 15) is 4.79 Å². The molecule has 0 aliphatic heterocycles. The number of likely N-dealkylation sites (N-methyl/N-ethyl adjacent to an activating group) is 1. The van der Waals surface area contributed by atoms with E-state index < -0.39 is 0 Å². The summed E-state index contributed by atoms with van der Waals surface area (Å²) < 4.78 is 0. The molecule has 5 heteroatoms. The third-order valence-corrected chi connectivity index (χ3v) is 4.99. The summed E-state index contributed by atoms with van der Waals surface area (Å²) in [6, 6.07) is 12.2. The number of rotatable bonds is 8. The fourth-order valence-corrected chi connectivity index (χ4v) is 3.56. The van der Waals surface area contributed by atoms with Crippen molar-refractivity contribution in [2.75, 3.05) is 19.6 Å². The Balaban J connectivity index is 1.92. The van der Waals surface area contributed by atoms with Gasteiger partial charge in [0, 0.05) is 6.54 Å². The van der Waals surface area contributed by atoms with Crippen LogP contribution in [-0.4, -0.2) is 30.6 Å². The minimum Gasteiger partial charge on any atom is -0.336 e. The first-order valence-corrected chi connectivity index (χ1v) is 9.45. The predicted molar refractivity (Wildman–Crippen MR) is 101 cm³/mol. The number of nitrogens with zero attached hydrogens (tertiary/aromatic N) is 1. The van der Waals surface area contributed by atoms with Gasteiger partial charge in [-0.1, -0.05) is 44.2 Å². The summed E-state index contributed by atoms with van der Waals surface area (Å²) in [6.07, 6.45) is 0. The van der Waals surface area contributed by atoms with Crippen molar-refractivity contribution in [2.24, 2.45) is 0 Å². The summed E-state index contributed by atoms with van der Waals surface area (Å²) in [5.41, 5.74) is 2.37. The van der Waals surface area contributed by atoms with Crippen LogP contribution in [0.1, 0.15) is 44.0 Å². The minimum atomic E-state index is -0.126. The highest BCUT2D eigenvalue weighted by molar-refractivity contribution is 7.07. The summed E-state index contributed by atoms with van der Waals surface area (Å²) in [5.74, 6) is 0. The number of benzene rings is 1. The van der Waals surface area contributed by atoms with Crippen LogP contribution in [0.5, 0.6) is 0 Å². The summed E-state index contributed by atoms with van der Waals surface area (Å²) in [6.45, 7) is 8.82. The highest BCUT2D eigenvalue weighted by Gasteiger charge is 2.19. The highest BCUT2D eigenvalue weighted by Crippen LogP contribution is 2.22. The molecule has 4 nitrogen and oxygen atoms in total. The molecule has 2 atom stereocenters. The lowest BCUT2D eigenvalue weighted by atomic mass is 10.1. The minimum absolute atomic E-state index is 0.0146. The largest absolute Gasteiger partial charge is 0.336 e. The van der Waals surface area contributed by atoms with Crippen LogP contribution in [0.2, 0.25) is 0 Å². The SMILES string of the molecule is CCN(CC)C(CNC(=O)NC(C)c1ccccc1)c1ccsc1. The standard InChI is InChI=1S/C19H27N3OS/c1-4-22(5-2)18(17-11-12-24-14-17)13-20-19(23)21-15(3)16-9-7-6-8-10-16/h6-12,14-15,18H,4-5,13H2,1-3H3,(H2,20,21,23). The van der Waals surface area contributed by atoms with Gasteiger partial charge in [0.2, 0.25) is 0 Å². The van der Waals surface area contributed by atoms with E-state index in [4.69, 9.17) is 0 Å². The Kier molecular flexibility index (Phi) is 7.28. The molecule has 2 aromatic rings. The molecule has 0 spiro atoms. The molecule has 0 radical (unpaired) electrons. The van der Waals surface area contributed by atoms with Crippen molar-refractivity contribution >= 4 is 17.4 Å². The fraction of sp³-hybridized carbons (Fsp3) is 0.421. The van der Waals surface area contributed by atoms with Crippen molar-refractivity contribution in [3.8, 4) is 0 Å². The molecule has 0 aliphatic carbocycles. The first kappa shape index (κ1) is 18.5. The number of urea groups is 1. The van der Waals surface area contributed by atoms with Crippen LogP contribution in [-0.2, 0) is 0 Å². The van der Waals surface area contributed by atoms with Gasteiger partial charge in [0.1, 0.15) is 0 Å². The normalized spacial score (nSPS) is 13.5. The molecule has 24 heavy (non-hydrogen) atoms. The molecule has 2 amide bonds.